The van der Waals surface area contributed by atoms with Gasteiger partial charge in [-0.15, -0.1) is 0 Å². The number of methoxy groups -OCH3 is 1. The molecule has 1 fully saturated rings. The number of anilines is 1. The first-order valence-corrected chi connectivity index (χ1v) is 10.5. The number of morpholine rings is 1. The molecule has 1 aromatic heterocycles. The van der Waals surface area contributed by atoms with Crippen molar-refractivity contribution in [1.29, 1.82) is 0 Å². The maximum atomic E-state index is 12.4. The first kappa shape index (κ1) is 20.4. The Bertz CT molecular complexity index is 992. The van der Waals surface area contributed by atoms with E-state index in [1.807, 2.05) is 36.4 Å². The fraction of sp³-hybridized carbons (Fsp3) is 0.375. The van der Waals surface area contributed by atoms with Gasteiger partial charge in [-0.05, 0) is 42.3 Å². The number of hydrogen-bond acceptors (Lipinski definition) is 4. The van der Waals surface area contributed by atoms with Gasteiger partial charge in [-0.25, -0.2) is 0 Å². The van der Waals surface area contributed by atoms with E-state index in [9.17, 15) is 4.79 Å². The van der Waals surface area contributed by atoms with Gasteiger partial charge in [-0.1, -0.05) is 18.2 Å². The van der Waals surface area contributed by atoms with Crippen molar-refractivity contribution in [2.75, 3.05) is 45.3 Å². The second-order valence-corrected chi connectivity index (χ2v) is 7.60. The van der Waals surface area contributed by atoms with Crippen molar-refractivity contribution in [1.82, 2.24) is 9.47 Å². The Hall–Kier alpha value is -2.83. The van der Waals surface area contributed by atoms with Gasteiger partial charge in [0.15, 0.2) is 0 Å². The Morgan fingerprint density at radius 1 is 1.10 bits per heavy atom. The summed E-state index contributed by atoms with van der Waals surface area (Å²) in [5, 5.41) is 4.16. The Morgan fingerprint density at radius 2 is 1.93 bits per heavy atom. The van der Waals surface area contributed by atoms with Crippen LogP contribution in [0.3, 0.4) is 0 Å². The Labute approximate surface area is 177 Å². The van der Waals surface area contributed by atoms with Gasteiger partial charge in [-0.2, -0.15) is 0 Å². The van der Waals surface area contributed by atoms with E-state index in [2.05, 4.69) is 33.1 Å². The predicted molar refractivity (Wildman–Crippen MR) is 119 cm³/mol. The number of nitrogens with one attached hydrogen (secondary N) is 1. The first-order chi connectivity index (χ1) is 14.7. The molecule has 0 unspecified atom stereocenters. The van der Waals surface area contributed by atoms with Gasteiger partial charge < -0.3 is 19.4 Å². The number of para-hydroxylation sites is 1. The molecule has 158 valence electrons. The third-order valence-corrected chi connectivity index (χ3v) is 5.63. The molecular formula is C24H29N3O3. The molecular weight excluding hydrogens is 378 g/mol. The maximum absolute atomic E-state index is 12.4. The molecule has 1 N–H and O–H groups in total. The minimum Gasteiger partial charge on any atom is -0.496 e. The summed E-state index contributed by atoms with van der Waals surface area (Å²) >= 11 is 0. The number of aromatic nitrogens is 1. The number of rotatable bonds is 8. The number of amides is 1. The van der Waals surface area contributed by atoms with E-state index < -0.39 is 0 Å². The number of hydrogen-bond donors (Lipinski definition) is 1. The minimum absolute atomic E-state index is 0.00649. The highest BCUT2D eigenvalue weighted by molar-refractivity contribution is 5.94. The SMILES string of the molecule is COc1ccccc1CCC(=O)Nc1ccc2c(ccn2CCN2CCOCC2)c1. The minimum atomic E-state index is 0.00649. The van der Waals surface area contributed by atoms with E-state index in [0.29, 0.717) is 12.8 Å². The van der Waals surface area contributed by atoms with E-state index in [1.54, 1.807) is 7.11 Å². The fourth-order valence-corrected chi connectivity index (χ4v) is 3.93. The summed E-state index contributed by atoms with van der Waals surface area (Å²) in [7, 11) is 1.65. The monoisotopic (exact) mass is 407 g/mol. The molecule has 6 nitrogen and oxygen atoms in total. The predicted octanol–water partition coefficient (Wildman–Crippen LogP) is 3.55. The van der Waals surface area contributed by atoms with Crippen molar-refractivity contribution in [2.45, 2.75) is 19.4 Å². The number of nitrogens with zero attached hydrogens (tertiary/aromatic N) is 2. The highest BCUT2D eigenvalue weighted by Crippen LogP contribution is 2.22. The summed E-state index contributed by atoms with van der Waals surface area (Å²) < 4.78 is 13.1. The van der Waals surface area contributed by atoms with Crippen LogP contribution in [0.2, 0.25) is 0 Å². The Morgan fingerprint density at radius 3 is 2.77 bits per heavy atom. The van der Waals surface area contributed by atoms with Gasteiger partial charge in [0.2, 0.25) is 5.91 Å². The molecule has 0 aliphatic carbocycles. The number of carbonyl (C=O) groups excluding carboxylic acids is 1. The molecule has 2 aromatic carbocycles. The molecule has 0 bridgehead atoms. The third kappa shape index (κ3) is 5.01. The third-order valence-electron chi connectivity index (χ3n) is 5.63. The first-order valence-electron chi connectivity index (χ1n) is 10.5. The smallest absolute Gasteiger partial charge is 0.224 e. The van der Waals surface area contributed by atoms with Crippen molar-refractivity contribution >= 4 is 22.5 Å². The lowest BCUT2D eigenvalue weighted by Gasteiger charge is -2.26. The van der Waals surface area contributed by atoms with Crippen molar-refractivity contribution in [2.24, 2.45) is 0 Å². The summed E-state index contributed by atoms with van der Waals surface area (Å²) in [6, 6.07) is 16.0. The molecule has 4 rings (SSSR count). The van der Waals surface area contributed by atoms with Gasteiger partial charge in [0.05, 0.1) is 20.3 Å². The molecule has 0 saturated carbocycles. The average molecular weight is 408 g/mol. The highest BCUT2D eigenvalue weighted by Gasteiger charge is 2.11. The number of aryl methyl sites for hydroxylation is 1. The van der Waals surface area contributed by atoms with Crippen LogP contribution in [-0.2, 0) is 22.5 Å². The Kier molecular flexibility index (Phi) is 6.67. The zero-order valence-electron chi connectivity index (χ0n) is 17.5. The molecule has 1 amide bonds. The van der Waals surface area contributed by atoms with Crippen LogP contribution in [0.25, 0.3) is 10.9 Å². The number of carbonyl (C=O) groups is 1. The Balaban J connectivity index is 1.33. The van der Waals surface area contributed by atoms with Crippen LogP contribution in [-0.4, -0.2) is 55.3 Å². The largest absolute Gasteiger partial charge is 0.496 e. The second kappa shape index (κ2) is 9.78. The van der Waals surface area contributed by atoms with Crippen LogP contribution in [0, 0.1) is 0 Å². The van der Waals surface area contributed by atoms with Gasteiger partial charge >= 0.3 is 0 Å². The van der Waals surface area contributed by atoms with Crippen LogP contribution < -0.4 is 10.1 Å². The topological polar surface area (TPSA) is 55.7 Å². The van der Waals surface area contributed by atoms with Crippen LogP contribution in [0.1, 0.15) is 12.0 Å². The van der Waals surface area contributed by atoms with E-state index in [4.69, 9.17) is 9.47 Å². The maximum Gasteiger partial charge on any atom is 0.224 e. The molecule has 3 aromatic rings. The van der Waals surface area contributed by atoms with Crippen molar-refractivity contribution in [3.63, 3.8) is 0 Å². The van der Waals surface area contributed by atoms with E-state index >= 15 is 0 Å². The average Bonchev–Trinajstić information content (AvgIpc) is 3.19. The quantitative estimate of drug-likeness (QED) is 0.620. The van der Waals surface area contributed by atoms with Gasteiger partial charge in [0.25, 0.3) is 0 Å². The summed E-state index contributed by atoms with van der Waals surface area (Å²) in [4.78, 5) is 14.9. The number of ether oxygens (including phenoxy) is 2. The zero-order valence-corrected chi connectivity index (χ0v) is 17.5. The van der Waals surface area contributed by atoms with Gasteiger partial charge in [0.1, 0.15) is 5.75 Å². The number of benzene rings is 2. The molecule has 1 aliphatic rings. The summed E-state index contributed by atoms with van der Waals surface area (Å²) in [6.07, 6.45) is 3.19. The second-order valence-electron chi connectivity index (χ2n) is 7.60. The number of fused-ring (bicyclic) bond motifs is 1. The van der Waals surface area contributed by atoms with Crippen molar-refractivity contribution in [3.8, 4) is 5.75 Å². The lowest BCUT2D eigenvalue weighted by molar-refractivity contribution is -0.116. The molecule has 0 atom stereocenters. The molecule has 0 radical (unpaired) electrons. The van der Waals surface area contributed by atoms with Crippen molar-refractivity contribution < 1.29 is 14.3 Å². The summed E-state index contributed by atoms with van der Waals surface area (Å²) in [5.74, 6) is 0.831. The molecule has 30 heavy (non-hydrogen) atoms. The molecule has 1 aliphatic heterocycles. The van der Waals surface area contributed by atoms with E-state index in [1.165, 1.54) is 5.52 Å². The fourth-order valence-electron chi connectivity index (χ4n) is 3.93. The van der Waals surface area contributed by atoms with Gasteiger partial charge in [-0.3, -0.25) is 9.69 Å². The molecule has 6 heteroatoms. The van der Waals surface area contributed by atoms with Gasteiger partial charge in [0, 0.05) is 55.4 Å². The van der Waals surface area contributed by atoms with E-state index in [-0.39, 0.29) is 5.91 Å². The molecule has 2 heterocycles. The van der Waals surface area contributed by atoms with Crippen LogP contribution >= 0.6 is 0 Å². The van der Waals surface area contributed by atoms with Crippen molar-refractivity contribution in [3.05, 3.63) is 60.3 Å². The molecule has 1 saturated heterocycles. The molecule has 0 spiro atoms. The lowest BCUT2D eigenvalue weighted by Crippen LogP contribution is -2.38. The highest BCUT2D eigenvalue weighted by atomic mass is 16.5. The lowest BCUT2D eigenvalue weighted by atomic mass is 10.1. The van der Waals surface area contributed by atoms with E-state index in [0.717, 1.165) is 61.8 Å². The van der Waals surface area contributed by atoms with Crippen LogP contribution in [0.4, 0.5) is 5.69 Å². The normalized spacial score (nSPS) is 14.7. The standard InChI is InChI=1S/C24H29N3O3/c1-29-23-5-3-2-4-19(23)6-9-24(28)25-21-7-8-22-20(18-21)10-11-27(22)13-12-26-14-16-30-17-15-26/h2-5,7-8,10-11,18H,6,9,12-17H2,1H3,(H,25,28). The summed E-state index contributed by atoms with van der Waals surface area (Å²) in [5.41, 5.74) is 3.07. The van der Waals surface area contributed by atoms with Crippen LogP contribution in [0.5, 0.6) is 5.75 Å². The summed E-state index contributed by atoms with van der Waals surface area (Å²) in [6.45, 7) is 5.64. The van der Waals surface area contributed by atoms with Crippen LogP contribution in [0.15, 0.2) is 54.7 Å². The zero-order chi connectivity index (χ0) is 20.8.